The van der Waals surface area contributed by atoms with Gasteiger partial charge in [-0.1, -0.05) is 30.3 Å². The molecule has 1 atom stereocenters. The van der Waals surface area contributed by atoms with Crippen LogP contribution in [0.25, 0.3) is 0 Å². The van der Waals surface area contributed by atoms with Gasteiger partial charge in [-0.3, -0.25) is 10.1 Å². The van der Waals surface area contributed by atoms with Crippen molar-refractivity contribution in [3.05, 3.63) is 68.4 Å². The minimum absolute atomic E-state index is 0.106. The second-order valence-electron chi connectivity index (χ2n) is 5.08. The summed E-state index contributed by atoms with van der Waals surface area (Å²) in [5, 5.41) is 23.4. The van der Waals surface area contributed by atoms with Gasteiger partial charge in [-0.2, -0.15) is 4.39 Å². The van der Waals surface area contributed by atoms with Gasteiger partial charge < -0.3 is 15.2 Å². The number of aliphatic hydroxyl groups is 1. The second kappa shape index (κ2) is 8.72. The molecule has 2 N–H and O–H groups in total. The third-order valence-electron chi connectivity index (χ3n) is 3.18. The van der Waals surface area contributed by atoms with E-state index in [4.69, 9.17) is 4.74 Å². The van der Waals surface area contributed by atoms with Crippen molar-refractivity contribution in [1.82, 2.24) is 0 Å². The van der Waals surface area contributed by atoms with Crippen LogP contribution in [-0.4, -0.2) is 29.3 Å². The molecule has 0 aliphatic heterocycles. The van der Waals surface area contributed by atoms with Crippen LogP contribution in [0.4, 0.5) is 15.8 Å². The van der Waals surface area contributed by atoms with E-state index in [1.807, 2.05) is 30.3 Å². The SMILES string of the molecule is O=[N+]([O-])c1cc(Br)c(NCC(O)COCc2ccccc2)cc1F. The van der Waals surface area contributed by atoms with Crippen LogP contribution in [0.2, 0.25) is 0 Å². The Hall–Kier alpha value is -2.03. The Morgan fingerprint density at radius 2 is 2.04 bits per heavy atom. The molecule has 24 heavy (non-hydrogen) atoms. The predicted molar refractivity (Wildman–Crippen MR) is 91.3 cm³/mol. The Balaban J connectivity index is 1.82. The summed E-state index contributed by atoms with van der Waals surface area (Å²) in [6.07, 6.45) is -0.807. The van der Waals surface area contributed by atoms with Gasteiger partial charge in [0.1, 0.15) is 0 Å². The maximum absolute atomic E-state index is 13.6. The van der Waals surface area contributed by atoms with Gasteiger partial charge >= 0.3 is 5.69 Å². The number of aliphatic hydroxyl groups excluding tert-OH is 1. The number of rotatable bonds is 8. The molecular formula is C16H16BrFN2O4. The van der Waals surface area contributed by atoms with Crippen LogP contribution in [0, 0.1) is 15.9 Å². The number of hydrogen-bond acceptors (Lipinski definition) is 5. The molecule has 2 aromatic carbocycles. The summed E-state index contributed by atoms with van der Waals surface area (Å²) in [5.74, 6) is -0.944. The van der Waals surface area contributed by atoms with Gasteiger partial charge in [-0.15, -0.1) is 0 Å². The molecule has 0 fully saturated rings. The normalized spacial score (nSPS) is 12.0. The molecule has 128 valence electrons. The topological polar surface area (TPSA) is 84.6 Å². The zero-order valence-electron chi connectivity index (χ0n) is 12.6. The molecular weight excluding hydrogens is 383 g/mol. The van der Waals surface area contributed by atoms with Crippen LogP contribution in [0.5, 0.6) is 0 Å². The van der Waals surface area contributed by atoms with Gasteiger partial charge in [0.15, 0.2) is 0 Å². The average Bonchev–Trinajstić information content (AvgIpc) is 2.56. The standard InChI is InChI=1S/C16H16BrFN2O4/c17-13-6-16(20(22)23)14(18)7-15(13)19-8-12(21)10-24-9-11-4-2-1-3-5-11/h1-7,12,19,21H,8-10H2. The molecule has 0 saturated heterocycles. The van der Waals surface area contributed by atoms with E-state index in [0.717, 1.165) is 17.7 Å². The molecule has 2 rings (SSSR count). The van der Waals surface area contributed by atoms with E-state index in [-0.39, 0.29) is 13.2 Å². The molecule has 8 heteroatoms. The van der Waals surface area contributed by atoms with E-state index in [1.165, 1.54) is 0 Å². The molecule has 0 amide bonds. The summed E-state index contributed by atoms with van der Waals surface area (Å²) in [5.41, 5.74) is 0.706. The van der Waals surface area contributed by atoms with Gasteiger partial charge in [-0.25, -0.2) is 0 Å². The number of ether oxygens (including phenoxy) is 1. The summed E-state index contributed by atoms with van der Waals surface area (Å²) in [4.78, 5) is 9.86. The summed E-state index contributed by atoms with van der Waals surface area (Å²) in [6.45, 7) is 0.605. The number of anilines is 1. The predicted octanol–water partition coefficient (Wildman–Crippen LogP) is 3.49. The fraction of sp³-hybridized carbons (Fsp3) is 0.250. The summed E-state index contributed by atoms with van der Waals surface area (Å²) < 4.78 is 19.4. The first-order chi connectivity index (χ1) is 11.5. The fourth-order valence-corrected chi connectivity index (χ4v) is 2.46. The summed E-state index contributed by atoms with van der Waals surface area (Å²) >= 11 is 3.14. The van der Waals surface area contributed by atoms with E-state index in [1.54, 1.807) is 0 Å². The van der Waals surface area contributed by atoms with E-state index in [9.17, 15) is 19.6 Å². The highest BCUT2D eigenvalue weighted by Crippen LogP contribution is 2.30. The van der Waals surface area contributed by atoms with Crippen molar-refractivity contribution in [2.24, 2.45) is 0 Å². The van der Waals surface area contributed by atoms with E-state index < -0.39 is 22.5 Å². The third-order valence-corrected chi connectivity index (χ3v) is 3.84. The van der Waals surface area contributed by atoms with E-state index in [0.29, 0.717) is 16.8 Å². The maximum Gasteiger partial charge on any atom is 0.306 e. The number of nitrogens with one attached hydrogen (secondary N) is 1. The first-order valence-corrected chi connectivity index (χ1v) is 7.93. The lowest BCUT2D eigenvalue weighted by Gasteiger charge is -2.14. The molecule has 2 aromatic rings. The highest BCUT2D eigenvalue weighted by molar-refractivity contribution is 9.10. The highest BCUT2D eigenvalue weighted by Gasteiger charge is 2.17. The number of halogens is 2. The van der Waals surface area contributed by atoms with Crippen molar-refractivity contribution < 1.29 is 19.2 Å². The number of nitrogens with zero attached hydrogens (tertiary/aromatic N) is 1. The number of nitro benzene ring substituents is 1. The quantitative estimate of drug-likeness (QED) is 0.525. The van der Waals surface area contributed by atoms with Crippen LogP contribution in [0.3, 0.4) is 0 Å². The average molecular weight is 399 g/mol. The lowest BCUT2D eigenvalue weighted by molar-refractivity contribution is -0.387. The molecule has 0 aliphatic rings. The minimum atomic E-state index is -0.944. The molecule has 0 saturated carbocycles. The number of hydrogen-bond donors (Lipinski definition) is 2. The summed E-state index contributed by atoms with van der Waals surface area (Å²) in [7, 11) is 0. The Labute approximate surface area is 146 Å². The molecule has 1 unspecified atom stereocenters. The van der Waals surface area contributed by atoms with Crippen LogP contribution in [0.15, 0.2) is 46.9 Å². The van der Waals surface area contributed by atoms with Crippen molar-refractivity contribution in [3.63, 3.8) is 0 Å². The summed E-state index contributed by atoms with van der Waals surface area (Å²) in [6, 6.07) is 11.6. The van der Waals surface area contributed by atoms with Gasteiger partial charge in [-0.05, 0) is 21.5 Å². The van der Waals surface area contributed by atoms with Crippen LogP contribution < -0.4 is 5.32 Å². The van der Waals surface area contributed by atoms with E-state index in [2.05, 4.69) is 21.2 Å². The lowest BCUT2D eigenvalue weighted by Crippen LogP contribution is -2.25. The van der Waals surface area contributed by atoms with Crippen molar-refractivity contribution in [3.8, 4) is 0 Å². The molecule has 0 aliphatic carbocycles. The number of benzene rings is 2. The van der Waals surface area contributed by atoms with Gasteiger partial charge in [0.05, 0.1) is 29.9 Å². The Kier molecular flexibility index (Phi) is 6.65. The zero-order chi connectivity index (χ0) is 17.5. The molecule has 6 nitrogen and oxygen atoms in total. The van der Waals surface area contributed by atoms with Crippen LogP contribution in [-0.2, 0) is 11.3 Å². The highest BCUT2D eigenvalue weighted by atomic mass is 79.9. The monoisotopic (exact) mass is 398 g/mol. The second-order valence-corrected chi connectivity index (χ2v) is 5.93. The molecule has 0 spiro atoms. The first-order valence-electron chi connectivity index (χ1n) is 7.14. The van der Waals surface area contributed by atoms with Crippen molar-refractivity contribution in [1.29, 1.82) is 0 Å². The van der Waals surface area contributed by atoms with Crippen molar-refractivity contribution in [2.45, 2.75) is 12.7 Å². The first kappa shape index (κ1) is 18.3. The smallest absolute Gasteiger partial charge is 0.306 e. The van der Waals surface area contributed by atoms with Crippen molar-refractivity contribution in [2.75, 3.05) is 18.5 Å². The van der Waals surface area contributed by atoms with Crippen molar-refractivity contribution >= 4 is 27.3 Å². The Morgan fingerprint density at radius 3 is 2.71 bits per heavy atom. The third kappa shape index (κ3) is 5.26. The lowest BCUT2D eigenvalue weighted by atomic mass is 10.2. The largest absolute Gasteiger partial charge is 0.389 e. The van der Waals surface area contributed by atoms with Crippen LogP contribution in [0.1, 0.15) is 5.56 Å². The minimum Gasteiger partial charge on any atom is -0.389 e. The van der Waals surface area contributed by atoms with Crippen LogP contribution >= 0.6 is 15.9 Å². The molecule has 0 bridgehead atoms. The van der Waals surface area contributed by atoms with Gasteiger partial charge in [0.25, 0.3) is 0 Å². The molecule has 0 aromatic heterocycles. The Morgan fingerprint density at radius 1 is 1.33 bits per heavy atom. The zero-order valence-corrected chi connectivity index (χ0v) is 14.2. The molecule has 0 heterocycles. The fourth-order valence-electron chi connectivity index (χ4n) is 1.99. The molecule has 0 radical (unpaired) electrons. The van der Waals surface area contributed by atoms with Gasteiger partial charge in [0.2, 0.25) is 5.82 Å². The number of nitro groups is 1. The van der Waals surface area contributed by atoms with Gasteiger partial charge in [0, 0.05) is 23.2 Å². The maximum atomic E-state index is 13.6. The van der Waals surface area contributed by atoms with E-state index >= 15 is 0 Å². The Bertz CT molecular complexity index is 700.